The van der Waals surface area contributed by atoms with Crippen molar-refractivity contribution >= 4 is 40.9 Å². The average molecular weight is 352 g/mol. The molecule has 22 heavy (non-hydrogen) atoms. The molecule has 1 aromatic rings. The van der Waals surface area contributed by atoms with Crippen molar-refractivity contribution in [3.8, 4) is 0 Å². The highest BCUT2D eigenvalue weighted by molar-refractivity contribution is 6.37. The number of aliphatic carboxylic acids is 1. The van der Waals surface area contributed by atoms with Crippen LogP contribution in [-0.4, -0.2) is 34.4 Å². The van der Waals surface area contributed by atoms with Crippen molar-refractivity contribution in [2.45, 2.75) is 20.3 Å². The van der Waals surface area contributed by atoms with Crippen LogP contribution in [0.1, 0.15) is 30.6 Å². The normalized spacial score (nSPS) is 13.3. The molecule has 0 radical (unpaired) electrons. The van der Waals surface area contributed by atoms with Crippen LogP contribution in [0.3, 0.4) is 0 Å². The molecule has 120 valence electrons. The quantitative estimate of drug-likeness (QED) is 0.366. The molecule has 6 nitrogen and oxygen atoms in total. The molecule has 0 saturated carbocycles. The minimum Gasteiger partial charge on any atom is -0.480 e. The lowest BCUT2D eigenvalue weighted by atomic mass is 9.78. The summed E-state index contributed by atoms with van der Waals surface area (Å²) >= 11 is 11.1. The molecule has 1 aromatic heterocycles. The van der Waals surface area contributed by atoms with Crippen molar-refractivity contribution < 1.29 is 28.6 Å². The molecule has 1 heterocycles. The van der Waals surface area contributed by atoms with E-state index in [0.29, 0.717) is 6.07 Å². The Bertz CT molecular complexity index is 637. The number of carboxylic acids is 1. The first-order valence-corrected chi connectivity index (χ1v) is 6.94. The molecule has 9 heteroatoms. The van der Waals surface area contributed by atoms with Crippen LogP contribution in [0, 0.1) is 11.2 Å². The number of esters is 1. The maximum Gasteiger partial charge on any atom is 0.331 e. The zero-order valence-electron chi connectivity index (χ0n) is 11.7. The molecule has 0 aromatic carbocycles. The Kier molecular flexibility index (Phi) is 5.85. The second-order valence-corrected chi connectivity index (χ2v) is 4.93. The van der Waals surface area contributed by atoms with E-state index in [1.165, 1.54) is 13.8 Å². The zero-order chi connectivity index (χ0) is 17.1. The number of carbonyl (C=O) groups excluding carboxylic acids is 2. The molecule has 1 atom stereocenters. The van der Waals surface area contributed by atoms with E-state index in [1.807, 2.05) is 0 Å². The summed E-state index contributed by atoms with van der Waals surface area (Å²) in [4.78, 5) is 39.5. The smallest absolute Gasteiger partial charge is 0.331 e. The summed E-state index contributed by atoms with van der Waals surface area (Å²) < 4.78 is 18.2. The topological polar surface area (TPSA) is 93.6 Å². The van der Waals surface area contributed by atoms with Crippen LogP contribution >= 0.6 is 23.2 Å². The Balaban J connectivity index is 3.50. The summed E-state index contributed by atoms with van der Waals surface area (Å²) in [5.41, 5.74) is -3.08. The van der Waals surface area contributed by atoms with Crippen LogP contribution in [0.2, 0.25) is 10.3 Å². The standard InChI is InChI=1S/C13H12Cl2FNO5/c1-3-13(11(19)20,12(21)22-4-2)8(18)6-5-7(16)10(15)17-9(6)14/h5H,3-4H2,1-2H3,(H,19,20). The van der Waals surface area contributed by atoms with Gasteiger partial charge in [-0.2, -0.15) is 0 Å². The minimum atomic E-state index is -2.53. The molecule has 1 rings (SSSR count). The second kappa shape index (κ2) is 7.02. The summed E-state index contributed by atoms with van der Waals surface area (Å²) in [6, 6.07) is 0.645. The third-order valence-corrected chi connectivity index (χ3v) is 3.59. The predicted octanol–water partition coefficient (Wildman–Crippen LogP) is 2.75. The van der Waals surface area contributed by atoms with Gasteiger partial charge in [0.05, 0.1) is 12.2 Å². The van der Waals surface area contributed by atoms with Gasteiger partial charge in [-0.3, -0.25) is 14.4 Å². The number of rotatable bonds is 6. The van der Waals surface area contributed by atoms with Gasteiger partial charge in [-0.25, -0.2) is 9.37 Å². The average Bonchev–Trinajstić information content (AvgIpc) is 2.44. The molecule has 0 aliphatic heterocycles. The van der Waals surface area contributed by atoms with Crippen molar-refractivity contribution in [1.29, 1.82) is 0 Å². The van der Waals surface area contributed by atoms with Gasteiger partial charge in [-0.05, 0) is 19.4 Å². The van der Waals surface area contributed by atoms with Gasteiger partial charge >= 0.3 is 11.9 Å². The highest BCUT2D eigenvalue weighted by atomic mass is 35.5. The number of ether oxygens (including phenoxy) is 1. The number of ketones is 1. The Labute approximate surface area is 135 Å². The van der Waals surface area contributed by atoms with Crippen LogP contribution in [0.4, 0.5) is 4.39 Å². The van der Waals surface area contributed by atoms with Crippen LogP contribution in [-0.2, 0) is 14.3 Å². The van der Waals surface area contributed by atoms with E-state index in [1.54, 1.807) is 0 Å². The van der Waals surface area contributed by atoms with E-state index in [4.69, 9.17) is 23.2 Å². The molecular weight excluding hydrogens is 340 g/mol. The summed E-state index contributed by atoms with van der Waals surface area (Å²) in [7, 11) is 0. The summed E-state index contributed by atoms with van der Waals surface area (Å²) in [6.45, 7) is 2.65. The number of pyridine rings is 1. The molecule has 0 amide bonds. The monoisotopic (exact) mass is 351 g/mol. The van der Waals surface area contributed by atoms with Gasteiger partial charge < -0.3 is 9.84 Å². The molecule has 0 saturated heterocycles. The highest BCUT2D eigenvalue weighted by Gasteiger charge is 2.54. The van der Waals surface area contributed by atoms with Gasteiger partial charge in [-0.15, -0.1) is 0 Å². The van der Waals surface area contributed by atoms with E-state index in [9.17, 15) is 23.9 Å². The highest BCUT2D eigenvalue weighted by Crippen LogP contribution is 2.33. The lowest BCUT2D eigenvalue weighted by Crippen LogP contribution is -2.47. The van der Waals surface area contributed by atoms with E-state index < -0.39 is 51.2 Å². The third kappa shape index (κ3) is 3.05. The second-order valence-electron chi connectivity index (χ2n) is 4.21. The maximum absolute atomic E-state index is 13.5. The van der Waals surface area contributed by atoms with Crippen molar-refractivity contribution in [3.63, 3.8) is 0 Å². The first-order chi connectivity index (χ1) is 10.2. The fourth-order valence-corrected chi connectivity index (χ4v) is 2.23. The lowest BCUT2D eigenvalue weighted by Gasteiger charge is -2.24. The SMILES string of the molecule is CCOC(=O)C(CC)(C(=O)O)C(=O)c1cc(F)c(Cl)nc1Cl. The van der Waals surface area contributed by atoms with Crippen molar-refractivity contribution in [3.05, 3.63) is 27.8 Å². The maximum atomic E-state index is 13.5. The van der Waals surface area contributed by atoms with Crippen LogP contribution < -0.4 is 0 Å². The molecule has 1 unspecified atom stereocenters. The van der Waals surface area contributed by atoms with E-state index in [0.717, 1.165) is 0 Å². The number of nitrogens with zero attached hydrogens (tertiary/aromatic N) is 1. The largest absolute Gasteiger partial charge is 0.480 e. The van der Waals surface area contributed by atoms with Gasteiger partial charge in [0.15, 0.2) is 16.8 Å². The van der Waals surface area contributed by atoms with Crippen molar-refractivity contribution in [2.24, 2.45) is 5.41 Å². The Hall–Kier alpha value is -1.73. The summed E-state index contributed by atoms with van der Waals surface area (Å²) in [6.07, 6.45) is -0.402. The molecule has 0 aliphatic carbocycles. The Morgan fingerprint density at radius 2 is 1.91 bits per heavy atom. The number of hydrogen-bond donors (Lipinski definition) is 1. The first-order valence-electron chi connectivity index (χ1n) is 6.19. The first kappa shape index (κ1) is 18.3. The number of hydrogen-bond acceptors (Lipinski definition) is 5. The number of carbonyl (C=O) groups is 3. The Morgan fingerprint density at radius 3 is 2.36 bits per heavy atom. The van der Waals surface area contributed by atoms with Gasteiger partial charge in [0.2, 0.25) is 5.41 Å². The fourth-order valence-electron chi connectivity index (χ4n) is 1.82. The molecule has 0 spiro atoms. The number of carboxylic acid groups (broad SMARTS) is 1. The molecular formula is C13H12Cl2FNO5. The summed E-state index contributed by atoms with van der Waals surface area (Å²) in [5.74, 6) is -5.24. The van der Waals surface area contributed by atoms with Gasteiger partial charge in [-0.1, -0.05) is 30.1 Å². The van der Waals surface area contributed by atoms with Crippen molar-refractivity contribution in [2.75, 3.05) is 6.61 Å². The van der Waals surface area contributed by atoms with Gasteiger partial charge in [0, 0.05) is 0 Å². The predicted molar refractivity (Wildman–Crippen MR) is 75.5 cm³/mol. The molecule has 0 bridgehead atoms. The number of aromatic nitrogens is 1. The Morgan fingerprint density at radius 1 is 1.32 bits per heavy atom. The molecule has 0 fully saturated rings. The van der Waals surface area contributed by atoms with Crippen LogP contribution in [0.5, 0.6) is 0 Å². The van der Waals surface area contributed by atoms with Gasteiger partial charge in [0.1, 0.15) is 5.15 Å². The van der Waals surface area contributed by atoms with E-state index in [-0.39, 0.29) is 6.61 Å². The number of halogens is 3. The van der Waals surface area contributed by atoms with Gasteiger partial charge in [0.25, 0.3) is 0 Å². The summed E-state index contributed by atoms with van der Waals surface area (Å²) in [5, 5.41) is 8.29. The van der Waals surface area contributed by atoms with E-state index in [2.05, 4.69) is 9.72 Å². The molecule has 0 aliphatic rings. The number of Topliss-reactive ketones (excluding diaryl/α,β-unsaturated/α-hetero) is 1. The third-order valence-electron chi connectivity index (χ3n) is 3.04. The minimum absolute atomic E-state index is 0.123. The van der Waals surface area contributed by atoms with Crippen LogP contribution in [0.15, 0.2) is 6.07 Å². The van der Waals surface area contributed by atoms with Crippen molar-refractivity contribution in [1.82, 2.24) is 4.98 Å². The molecule has 1 N–H and O–H groups in total. The lowest BCUT2D eigenvalue weighted by molar-refractivity contribution is -0.164. The fraction of sp³-hybridized carbons (Fsp3) is 0.385. The van der Waals surface area contributed by atoms with Crippen LogP contribution in [0.25, 0.3) is 0 Å². The van der Waals surface area contributed by atoms with E-state index >= 15 is 0 Å². The zero-order valence-corrected chi connectivity index (χ0v) is 13.2.